The van der Waals surface area contributed by atoms with E-state index in [1.54, 1.807) is 5.57 Å². The third kappa shape index (κ3) is 14.9. The summed E-state index contributed by atoms with van der Waals surface area (Å²) in [6.45, 7) is 9.28. The monoisotopic (exact) mass is 559 g/mol. The van der Waals surface area contributed by atoms with Gasteiger partial charge in [-0.3, -0.25) is 5.43 Å². The van der Waals surface area contributed by atoms with E-state index >= 15 is 0 Å². The number of nitrogens with zero attached hydrogens (tertiary/aromatic N) is 1. The van der Waals surface area contributed by atoms with Gasteiger partial charge in [-0.1, -0.05) is 137 Å². The van der Waals surface area contributed by atoms with Gasteiger partial charge in [0.2, 0.25) is 0 Å². The van der Waals surface area contributed by atoms with Crippen LogP contribution in [0.3, 0.4) is 0 Å². The van der Waals surface area contributed by atoms with E-state index in [0.29, 0.717) is 24.0 Å². The maximum atomic E-state index is 6.97. The van der Waals surface area contributed by atoms with Crippen LogP contribution >= 0.6 is 0 Å². The van der Waals surface area contributed by atoms with Gasteiger partial charge in [0.05, 0.1) is 12.2 Å². The zero-order valence-electron chi connectivity index (χ0n) is 27.6. The molecule has 0 spiro atoms. The number of hydrazone groups is 1. The number of hydrogen-bond donors (Lipinski definition) is 1. The van der Waals surface area contributed by atoms with Crippen LogP contribution in [0.2, 0.25) is 0 Å². The lowest BCUT2D eigenvalue weighted by Crippen LogP contribution is -2.30. The Balaban J connectivity index is 2.04. The molecule has 2 rings (SSSR count). The van der Waals surface area contributed by atoms with Gasteiger partial charge in [-0.15, -0.1) is 0 Å². The molecule has 0 bridgehead atoms. The molecule has 0 radical (unpaired) electrons. The number of allylic oxidation sites excluding steroid dienone is 2. The summed E-state index contributed by atoms with van der Waals surface area (Å²) < 4.78 is 6.97. The fraction of sp³-hybridized carbons (Fsp3) is 0.919. The lowest BCUT2D eigenvalue weighted by atomic mass is 9.80. The predicted octanol–water partition coefficient (Wildman–Crippen LogP) is 12.1. The Bertz CT molecular complexity index is 657. The Morgan fingerprint density at radius 2 is 1.20 bits per heavy atom. The zero-order chi connectivity index (χ0) is 28.7. The van der Waals surface area contributed by atoms with E-state index in [9.17, 15) is 0 Å². The van der Waals surface area contributed by atoms with Crippen molar-refractivity contribution in [1.29, 1.82) is 0 Å². The highest BCUT2D eigenvalue weighted by Gasteiger charge is 2.29. The number of ether oxygens (including phenoxy) is 1. The van der Waals surface area contributed by atoms with Gasteiger partial charge in [0.15, 0.2) is 0 Å². The molecule has 4 atom stereocenters. The summed E-state index contributed by atoms with van der Waals surface area (Å²) in [4.78, 5) is 0. The third-order valence-electron chi connectivity index (χ3n) is 9.62. The smallest absolute Gasteiger partial charge is 0.0582 e. The number of unbranched alkanes of at least 4 members (excludes halogenated alkanes) is 13. The molecule has 0 saturated heterocycles. The van der Waals surface area contributed by atoms with Crippen molar-refractivity contribution < 1.29 is 4.74 Å². The third-order valence-corrected chi connectivity index (χ3v) is 9.62. The number of fused-ring (bicyclic) bond motifs is 1. The van der Waals surface area contributed by atoms with Crippen molar-refractivity contribution >= 4 is 6.21 Å². The van der Waals surface area contributed by atoms with Crippen LogP contribution in [0, 0.1) is 11.8 Å². The summed E-state index contributed by atoms with van der Waals surface area (Å²) in [7, 11) is 0. The molecule has 3 nitrogen and oxygen atoms in total. The van der Waals surface area contributed by atoms with Gasteiger partial charge in [0.1, 0.15) is 0 Å². The van der Waals surface area contributed by atoms with Crippen molar-refractivity contribution in [2.75, 3.05) is 0 Å². The van der Waals surface area contributed by atoms with Gasteiger partial charge < -0.3 is 4.74 Å². The van der Waals surface area contributed by atoms with Crippen molar-refractivity contribution in [1.82, 2.24) is 5.43 Å². The maximum Gasteiger partial charge on any atom is 0.0582 e. The highest BCUT2D eigenvalue weighted by molar-refractivity contribution is 5.67. The molecule has 4 unspecified atom stereocenters. The van der Waals surface area contributed by atoms with Gasteiger partial charge in [0.25, 0.3) is 0 Å². The Kier molecular flexibility index (Phi) is 21.0. The van der Waals surface area contributed by atoms with E-state index in [0.717, 1.165) is 0 Å². The summed E-state index contributed by atoms with van der Waals surface area (Å²) >= 11 is 0. The molecule has 0 aromatic carbocycles. The first kappa shape index (κ1) is 35.4. The highest BCUT2D eigenvalue weighted by Crippen LogP contribution is 2.37. The van der Waals surface area contributed by atoms with Gasteiger partial charge in [-0.2, -0.15) is 5.10 Å². The van der Waals surface area contributed by atoms with Crippen molar-refractivity contribution in [3.05, 3.63) is 11.3 Å². The first-order chi connectivity index (χ1) is 19.7. The molecular weight excluding hydrogens is 488 g/mol. The van der Waals surface area contributed by atoms with E-state index in [2.05, 4.69) is 39.3 Å². The summed E-state index contributed by atoms with van der Waals surface area (Å²) in [6, 6.07) is 0. The SMILES string of the molecule is CCCCCCCC(CCCCC)OC1CCCC2C=NNC(C(CCCCCC)CCCCCCC)=C2CC1. The Labute approximate surface area is 251 Å². The number of hydrogen-bond acceptors (Lipinski definition) is 3. The van der Waals surface area contributed by atoms with E-state index in [1.165, 1.54) is 173 Å². The molecule has 3 heteroatoms. The first-order valence-electron chi connectivity index (χ1n) is 18.4. The lowest BCUT2D eigenvalue weighted by Gasteiger charge is -2.34. The minimum absolute atomic E-state index is 0.438. The van der Waals surface area contributed by atoms with Crippen LogP contribution in [-0.2, 0) is 4.74 Å². The van der Waals surface area contributed by atoms with Crippen LogP contribution in [0.4, 0.5) is 0 Å². The molecule has 0 aromatic heterocycles. The average molecular weight is 559 g/mol. The summed E-state index contributed by atoms with van der Waals surface area (Å²) in [5, 5.41) is 4.74. The molecule has 2 aliphatic rings. The van der Waals surface area contributed by atoms with E-state index in [1.807, 2.05) is 0 Å². The molecule has 1 aliphatic carbocycles. The van der Waals surface area contributed by atoms with Crippen molar-refractivity contribution in [2.24, 2.45) is 16.9 Å². The molecule has 234 valence electrons. The number of nitrogens with one attached hydrogen (secondary N) is 1. The minimum atomic E-state index is 0.438. The second kappa shape index (κ2) is 23.7. The average Bonchev–Trinajstić information content (AvgIpc) is 2.95. The van der Waals surface area contributed by atoms with Crippen LogP contribution < -0.4 is 5.43 Å². The quantitative estimate of drug-likeness (QED) is 0.119. The molecule has 1 aliphatic heterocycles. The molecule has 1 heterocycles. The van der Waals surface area contributed by atoms with Gasteiger partial charge in [0, 0.05) is 23.7 Å². The second-order valence-corrected chi connectivity index (χ2v) is 13.2. The Morgan fingerprint density at radius 3 is 1.82 bits per heavy atom. The van der Waals surface area contributed by atoms with Crippen molar-refractivity contribution in [3.8, 4) is 0 Å². The van der Waals surface area contributed by atoms with E-state index < -0.39 is 0 Å². The first-order valence-corrected chi connectivity index (χ1v) is 18.4. The van der Waals surface area contributed by atoms with Crippen LogP contribution in [-0.4, -0.2) is 18.4 Å². The maximum absolute atomic E-state index is 6.97. The number of rotatable bonds is 24. The largest absolute Gasteiger partial charge is 0.375 e. The molecule has 1 saturated carbocycles. The molecule has 0 aromatic rings. The van der Waals surface area contributed by atoms with Gasteiger partial charge in [-0.05, 0) is 63.4 Å². The Hall–Kier alpha value is -0.830. The van der Waals surface area contributed by atoms with Crippen LogP contribution in [0.1, 0.15) is 195 Å². The van der Waals surface area contributed by atoms with E-state index in [-0.39, 0.29) is 0 Å². The summed E-state index contributed by atoms with van der Waals surface area (Å²) in [6.07, 6.45) is 37.6. The fourth-order valence-electron chi connectivity index (χ4n) is 7.04. The second-order valence-electron chi connectivity index (χ2n) is 13.2. The molecule has 1 fully saturated rings. The van der Waals surface area contributed by atoms with Gasteiger partial charge in [-0.25, -0.2) is 0 Å². The van der Waals surface area contributed by atoms with Crippen molar-refractivity contribution in [2.45, 2.75) is 207 Å². The lowest BCUT2D eigenvalue weighted by molar-refractivity contribution is -0.0327. The van der Waals surface area contributed by atoms with Gasteiger partial charge >= 0.3 is 0 Å². The standard InChI is InChI=1S/C37H70N2O/c1-5-9-13-16-20-24-32(23-19-15-11-7-3)37-36-30-29-35(28-22-25-33(36)31-38-39-37)40-34(26-18-12-8-4)27-21-17-14-10-6-2/h31-35,39H,5-30H2,1-4H3. The van der Waals surface area contributed by atoms with Crippen molar-refractivity contribution in [3.63, 3.8) is 0 Å². The molecular formula is C37H70N2O. The molecule has 40 heavy (non-hydrogen) atoms. The normalized spacial score (nSPS) is 21.0. The van der Waals surface area contributed by atoms with Crippen LogP contribution in [0.5, 0.6) is 0 Å². The fourth-order valence-corrected chi connectivity index (χ4v) is 7.04. The minimum Gasteiger partial charge on any atom is -0.375 e. The topological polar surface area (TPSA) is 33.6 Å². The summed E-state index contributed by atoms with van der Waals surface area (Å²) in [5.74, 6) is 1.21. The van der Waals surface area contributed by atoms with Crippen LogP contribution in [0.25, 0.3) is 0 Å². The molecule has 0 amide bonds. The summed E-state index contributed by atoms with van der Waals surface area (Å²) in [5.41, 5.74) is 6.82. The zero-order valence-corrected chi connectivity index (χ0v) is 27.6. The highest BCUT2D eigenvalue weighted by atomic mass is 16.5. The van der Waals surface area contributed by atoms with Crippen LogP contribution in [0.15, 0.2) is 16.4 Å². The molecule has 1 N–H and O–H groups in total. The Morgan fingerprint density at radius 1 is 0.675 bits per heavy atom. The predicted molar refractivity (Wildman–Crippen MR) is 177 cm³/mol. The van der Waals surface area contributed by atoms with E-state index in [4.69, 9.17) is 9.84 Å².